The number of hydrogen-bond donors (Lipinski definition) is 3. The largest absolute Gasteiger partial charge is 0.392 e. The van der Waals surface area contributed by atoms with Crippen molar-refractivity contribution in [1.82, 2.24) is 19.8 Å². The van der Waals surface area contributed by atoms with Gasteiger partial charge < -0.3 is 29.8 Å². The number of imidazole rings is 1. The number of rotatable bonds is 10. The van der Waals surface area contributed by atoms with Crippen LogP contribution in [0.3, 0.4) is 0 Å². The summed E-state index contributed by atoms with van der Waals surface area (Å²) in [5.41, 5.74) is 4.56. The Labute approximate surface area is 336 Å². The average Bonchev–Trinajstić information content (AvgIpc) is 3.61. The highest BCUT2D eigenvalue weighted by atomic mass is 19.2. The van der Waals surface area contributed by atoms with E-state index in [1.807, 2.05) is 83.4 Å². The van der Waals surface area contributed by atoms with E-state index in [1.165, 1.54) is 0 Å². The first-order chi connectivity index (χ1) is 28.5. The first-order valence-corrected chi connectivity index (χ1v) is 19.4. The van der Waals surface area contributed by atoms with E-state index in [4.69, 9.17) is 9.47 Å². The number of halogens is 5. The maximum atomic E-state index is 14.3. The van der Waals surface area contributed by atoms with Crippen molar-refractivity contribution in [3.8, 4) is 11.1 Å². The van der Waals surface area contributed by atoms with Crippen molar-refractivity contribution in [3.63, 3.8) is 0 Å². The molecule has 1 aromatic heterocycles. The minimum absolute atomic E-state index is 0.0555. The fourth-order valence-electron chi connectivity index (χ4n) is 8.18. The molecule has 0 radical (unpaired) electrons. The number of fused-ring (bicyclic) bond motifs is 1. The number of aromatic nitrogens is 2. The SMILES string of the molecule is CC1C(CN2CCC(n3c(=O)[nH]c4ccccc43)CC2)OC(c2cccc(-c3cccc(CNC(=O)c4c(F)c(F)c(F)c(F)c4F)c3)c2)OC1c1ccc(CO)cc1. The zero-order valence-corrected chi connectivity index (χ0v) is 31.9. The molecular weight excluding hydrogens is 772 g/mol. The van der Waals surface area contributed by atoms with Crippen LogP contribution >= 0.6 is 0 Å². The number of H-pyrrole nitrogens is 1. The number of aromatic amines is 1. The van der Waals surface area contributed by atoms with Gasteiger partial charge in [0.15, 0.2) is 29.6 Å². The minimum atomic E-state index is -2.34. The van der Waals surface area contributed by atoms with Gasteiger partial charge in [0.05, 0.1) is 29.8 Å². The fraction of sp³-hybridized carbons (Fsp3) is 0.289. The monoisotopic (exact) mass is 812 g/mol. The van der Waals surface area contributed by atoms with Crippen molar-refractivity contribution in [3.05, 3.63) is 164 Å². The highest BCUT2D eigenvalue weighted by molar-refractivity contribution is 5.94. The topological polar surface area (TPSA) is 109 Å². The molecule has 3 N–H and O–H groups in total. The van der Waals surface area contributed by atoms with Gasteiger partial charge >= 0.3 is 5.69 Å². The van der Waals surface area contributed by atoms with Gasteiger partial charge in [-0.1, -0.05) is 79.7 Å². The zero-order chi connectivity index (χ0) is 41.4. The Hall–Kier alpha value is -5.67. The average molecular weight is 813 g/mol. The van der Waals surface area contributed by atoms with Crippen LogP contribution in [0, 0.1) is 35.0 Å². The van der Waals surface area contributed by atoms with Crippen molar-refractivity contribution in [2.75, 3.05) is 19.6 Å². The first kappa shape index (κ1) is 40.1. The number of ether oxygens (including phenoxy) is 2. The minimum Gasteiger partial charge on any atom is -0.392 e. The van der Waals surface area contributed by atoms with Crippen LogP contribution < -0.4 is 11.0 Å². The standard InChI is InChI=1S/C45H41F5N4O5/c1-25-35(23-53-18-16-32(17-19-53)54-34-11-3-2-10-33(34)52-45(54)57)58-44(59-42(25)28-14-12-26(24-55)13-15-28)31-9-5-8-30(21-31)29-7-4-6-27(20-29)22-51-43(56)36-37(46)39(48)41(50)40(49)38(36)47/h2-15,20-21,25,32,35,42,44,55H,16-19,22-24H2,1H3,(H,51,56)(H,52,57). The third-order valence-corrected chi connectivity index (χ3v) is 11.4. The predicted octanol–water partition coefficient (Wildman–Crippen LogP) is 8.24. The van der Waals surface area contributed by atoms with Gasteiger partial charge in [0, 0.05) is 43.7 Å². The van der Waals surface area contributed by atoms with Gasteiger partial charge in [-0.15, -0.1) is 0 Å². The van der Waals surface area contributed by atoms with Crippen molar-refractivity contribution in [2.45, 2.75) is 57.5 Å². The number of para-hydroxylation sites is 2. The molecule has 2 aliphatic rings. The molecule has 2 aliphatic heterocycles. The third kappa shape index (κ3) is 8.05. The third-order valence-electron chi connectivity index (χ3n) is 11.4. The number of nitrogens with one attached hydrogen (secondary N) is 2. The van der Waals surface area contributed by atoms with Crippen LogP contribution in [-0.2, 0) is 22.6 Å². The summed E-state index contributed by atoms with van der Waals surface area (Å²) < 4.78 is 84.9. The van der Waals surface area contributed by atoms with E-state index in [9.17, 15) is 36.6 Å². The lowest BCUT2D eigenvalue weighted by molar-refractivity contribution is -0.276. The summed E-state index contributed by atoms with van der Waals surface area (Å²) in [6.07, 6.45) is 0.261. The number of aliphatic hydroxyl groups excluding tert-OH is 1. The Morgan fingerprint density at radius 1 is 0.780 bits per heavy atom. The molecule has 8 rings (SSSR count). The number of carbonyl (C=O) groups excluding carboxylic acids is 1. The van der Waals surface area contributed by atoms with Crippen molar-refractivity contribution < 1.29 is 41.3 Å². The second-order valence-corrected chi connectivity index (χ2v) is 15.1. The molecule has 5 aromatic carbocycles. The lowest BCUT2D eigenvalue weighted by atomic mass is 9.89. The lowest BCUT2D eigenvalue weighted by Crippen LogP contribution is -2.47. The summed E-state index contributed by atoms with van der Waals surface area (Å²) in [4.78, 5) is 30.9. The molecule has 2 saturated heterocycles. The molecule has 0 spiro atoms. The van der Waals surface area contributed by atoms with Crippen molar-refractivity contribution in [1.29, 1.82) is 0 Å². The van der Waals surface area contributed by atoms with E-state index >= 15 is 0 Å². The van der Waals surface area contributed by atoms with E-state index in [1.54, 1.807) is 18.2 Å². The number of amides is 1. The molecule has 4 atom stereocenters. The van der Waals surface area contributed by atoms with E-state index in [2.05, 4.69) is 22.1 Å². The number of hydrogen-bond acceptors (Lipinski definition) is 6. The summed E-state index contributed by atoms with van der Waals surface area (Å²) in [6.45, 7) is 3.96. The van der Waals surface area contributed by atoms with Crippen LogP contribution in [0.4, 0.5) is 22.0 Å². The second-order valence-electron chi connectivity index (χ2n) is 15.1. The number of benzene rings is 5. The quantitative estimate of drug-likeness (QED) is 0.0731. The maximum Gasteiger partial charge on any atom is 0.326 e. The van der Waals surface area contributed by atoms with Crippen LogP contribution in [0.5, 0.6) is 0 Å². The number of piperidine rings is 1. The summed E-state index contributed by atoms with van der Waals surface area (Å²) >= 11 is 0. The molecule has 9 nitrogen and oxygen atoms in total. The van der Waals surface area contributed by atoms with Gasteiger partial charge in [0.2, 0.25) is 5.82 Å². The van der Waals surface area contributed by atoms with Crippen LogP contribution in [-0.4, -0.2) is 51.2 Å². The Balaban J connectivity index is 0.998. The summed E-state index contributed by atoms with van der Waals surface area (Å²) in [5.74, 6) is -12.7. The van der Waals surface area contributed by atoms with Gasteiger partial charge in [-0.2, -0.15) is 0 Å². The normalized spacial score (nSPS) is 20.3. The molecule has 3 heterocycles. The molecule has 0 aliphatic carbocycles. The number of likely N-dealkylation sites (tertiary alicyclic amines) is 1. The molecular formula is C45H41F5N4O5. The molecule has 6 aromatic rings. The van der Waals surface area contributed by atoms with Gasteiger partial charge in [0.25, 0.3) is 5.91 Å². The van der Waals surface area contributed by atoms with Crippen LogP contribution in [0.1, 0.15) is 70.8 Å². The molecule has 1 amide bonds. The Kier molecular flexibility index (Phi) is 11.5. The fourth-order valence-corrected chi connectivity index (χ4v) is 8.18. The summed E-state index contributed by atoms with van der Waals surface area (Å²) in [6, 6.07) is 30.0. The predicted molar refractivity (Wildman–Crippen MR) is 210 cm³/mol. The summed E-state index contributed by atoms with van der Waals surface area (Å²) in [5, 5.41) is 11.9. The molecule has 0 bridgehead atoms. The van der Waals surface area contributed by atoms with Crippen LogP contribution in [0.2, 0.25) is 0 Å². The van der Waals surface area contributed by atoms with E-state index in [0.717, 1.165) is 64.8 Å². The molecule has 59 heavy (non-hydrogen) atoms. The zero-order valence-electron chi connectivity index (χ0n) is 31.9. The molecule has 4 unspecified atom stereocenters. The van der Waals surface area contributed by atoms with Gasteiger partial charge in [-0.05, 0) is 64.9 Å². The molecule has 0 saturated carbocycles. The second kappa shape index (κ2) is 16.9. The van der Waals surface area contributed by atoms with E-state index < -0.39 is 46.8 Å². The number of carbonyl (C=O) groups is 1. The Bertz CT molecular complexity index is 2520. The highest BCUT2D eigenvalue weighted by Crippen LogP contribution is 2.43. The Morgan fingerprint density at radius 3 is 2.15 bits per heavy atom. The van der Waals surface area contributed by atoms with Crippen molar-refractivity contribution in [2.24, 2.45) is 5.92 Å². The molecule has 14 heteroatoms. The number of nitrogens with zero attached hydrogens (tertiary/aromatic N) is 2. The van der Waals surface area contributed by atoms with Gasteiger partial charge in [-0.25, -0.2) is 26.7 Å². The summed E-state index contributed by atoms with van der Waals surface area (Å²) in [7, 11) is 0. The van der Waals surface area contributed by atoms with Gasteiger partial charge in [-0.3, -0.25) is 9.36 Å². The lowest BCUT2D eigenvalue weighted by Gasteiger charge is -2.44. The molecule has 2 fully saturated rings. The number of aliphatic hydroxyl groups is 1. The van der Waals surface area contributed by atoms with Crippen molar-refractivity contribution >= 4 is 16.9 Å². The van der Waals surface area contributed by atoms with E-state index in [0.29, 0.717) is 12.1 Å². The first-order valence-electron chi connectivity index (χ1n) is 19.4. The maximum absolute atomic E-state index is 14.3. The smallest absolute Gasteiger partial charge is 0.326 e. The Morgan fingerprint density at radius 2 is 1.44 bits per heavy atom. The highest BCUT2D eigenvalue weighted by Gasteiger charge is 2.40. The van der Waals surface area contributed by atoms with Gasteiger partial charge in [0.1, 0.15) is 5.56 Å². The van der Waals surface area contributed by atoms with E-state index in [-0.39, 0.29) is 43.0 Å². The van der Waals surface area contributed by atoms with Crippen LogP contribution in [0.15, 0.2) is 102 Å². The molecule has 306 valence electrons. The van der Waals surface area contributed by atoms with Crippen LogP contribution in [0.25, 0.3) is 22.2 Å².